The SMILES string of the molecule is CCOc1ccccc1NC(=O)[C@@H](OC(=O)/C=C/c1ccc(C)cc1)c1ccccc1. The highest BCUT2D eigenvalue weighted by Crippen LogP contribution is 2.26. The fourth-order valence-electron chi connectivity index (χ4n) is 2.95. The predicted octanol–water partition coefficient (Wildman–Crippen LogP) is 5.33. The standard InChI is InChI=1S/C26H25NO4/c1-3-30-23-12-8-7-11-22(23)27-26(29)25(21-9-5-4-6-10-21)31-24(28)18-17-20-15-13-19(2)14-16-20/h4-18,25H,3H2,1-2H3,(H,27,29)/b18-17+/t25-/m0/s1. The van der Waals surface area contributed by atoms with Gasteiger partial charge in [0, 0.05) is 11.6 Å². The van der Waals surface area contributed by atoms with E-state index >= 15 is 0 Å². The summed E-state index contributed by atoms with van der Waals surface area (Å²) in [4.78, 5) is 25.5. The van der Waals surface area contributed by atoms with Gasteiger partial charge in [0.2, 0.25) is 6.10 Å². The molecular weight excluding hydrogens is 390 g/mol. The van der Waals surface area contributed by atoms with Crippen LogP contribution < -0.4 is 10.1 Å². The molecule has 5 nitrogen and oxygen atoms in total. The average Bonchev–Trinajstić information content (AvgIpc) is 2.79. The molecule has 0 aliphatic rings. The van der Waals surface area contributed by atoms with Gasteiger partial charge in [-0.2, -0.15) is 0 Å². The van der Waals surface area contributed by atoms with Crippen LogP contribution in [0.1, 0.15) is 29.7 Å². The molecule has 158 valence electrons. The van der Waals surface area contributed by atoms with E-state index in [9.17, 15) is 9.59 Å². The molecule has 0 bridgehead atoms. The fourth-order valence-corrected chi connectivity index (χ4v) is 2.95. The Kier molecular flexibility index (Phi) is 7.60. The molecule has 0 spiro atoms. The molecule has 3 aromatic rings. The Hall–Kier alpha value is -3.86. The van der Waals surface area contributed by atoms with Crippen LogP contribution in [0.15, 0.2) is 84.9 Å². The molecule has 0 radical (unpaired) electrons. The molecule has 1 amide bonds. The largest absolute Gasteiger partial charge is 0.492 e. The summed E-state index contributed by atoms with van der Waals surface area (Å²) in [6, 6.07) is 23.8. The van der Waals surface area contributed by atoms with Crippen LogP contribution in [0, 0.1) is 6.92 Å². The third kappa shape index (κ3) is 6.31. The fraction of sp³-hybridized carbons (Fsp3) is 0.154. The van der Waals surface area contributed by atoms with E-state index in [2.05, 4.69) is 5.32 Å². The van der Waals surface area contributed by atoms with Crippen LogP contribution in [0.5, 0.6) is 5.75 Å². The van der Waals surface area contributed by atoms with Gasteiger partial charge >= 0.3 is 5.97 Å². The minimum absolute atomic E-state index is 0.463. The second-order valence-electron chi connectivity index (χ2n) is 6.89. The highest BCUT2D eigenvalue weighted by atomic mass is 16.5. The molecule has 0 aliphatic heterocycles. The molecule has 0 fully saturated rings. The van der Waals surface area contributed by atoms with Crippen LogP contribution in [-0.4, -0.2) is 18.5 Å². The summed E-state index contributed by atoms with van der Waals surface area (Å²) in [5.74, 6) is -0.520. The lowest BCUT2D eigenvalue weighted by Gasteiger charge is -2.18. The van der Waals surface area contributed by atoms with Gasteiger partial charge in [-0.15, -0.1) is 0 Å². The number of nitrogens with one attached hydrogen (secondary N) is 1. The van der Waals surface area contributed by atoms with Gasteiger partial charge in [-0.25, -0.2) is 4.79 Å². The summed E-state index contributed by atoms with van der Waals surface area (Å²) in [6.07, 6.45) is 1.87. The number of rotatable bonds is 8. The van der Waals surface area contributed by atoms with Gasteiger partial charge in [-0.05, 0) is 37.6 Å². The van der Waals surface area contributed by atoms with Gasteiger partial charge in [0.1, 0.15) is 5.75 Å². The summed E-state index contributed by atoms with van der Waals surface area (Å²) in [5, 5.41) is 2.81. The van der Waals surface area contributed by atoms with Crippen molar-refractivity contribution in [2.24, 2.45) is 0 Å². The van der Waals surface area contributed by atoms with Crippen molar-refractivity contribution in [2.75, 3.05) is 11.9 Å². The molecule has 31 heavy (non-hydrogen) atoms. The monoisotopic (exact) mass is 415 g/mol. The van der Waals surface area contributed by atoms with Crippen molar-refractivity contribution in [3.63, 3.8) is 0 Å². The highest BCUT2D eigenvalue weighted by molar-refractivity contribution is 5.98. The van der Waals surface area contributed by atoms with E-state index in [1.807, 2.05) is 50.2 Å². The van der Waals surface area contributed by atoms with Gasteiger partial charge in [-0.3, -0.25) is 4.79 Å². The van der Waals surface area contributed by atoms with Crippen molar-refractivity contribution in [2.45, 2.75) is 20.0 Å². The number of esters is 1. The number of amides is 1. The lowest BCUT2D eigenvalue weighted by molar-refractivity contribution is -0.149. The molecule has 3 rings (SSSR count). The van der Waals surface area contributed by atoms with Crippen LogP contribution in [0.2, 0.25) is 0 Å². The third-order valence-electron chi connectivity index (χ3n) is 4.51. The van der Waals surface area contributed by atoms with E-state index in [4.69, 9.17) is 9.47 Å². The number of hydrogen-bond acceptors (Lipinski definition) is 4. The lowest BCUT2D eigenvalue weighted by Crippen LogP contribution is -2.25. The quantitative estimate of drug-likeness (QED) is 0.399. The number of carbonyl (C=O) groups excluding carboxylic acids is 2. The molecule has 0 saturated carbocycles. The molecule has 0 aromatic heterocycles. The first-order valence-corrected chi connectivity index (χ1v) is 10.1. The van der Waals surface area contributed by atoms with Crippen molar-refractivity contribution >= 4 is 23.6 Å². The van der Waals surface area contributed by atoms with Crippen LogP contribution in [-0.2, 0) is 14.3 Å². The van der Waals surface area contributed by atoms with Crippen molar-refractivity contribution in [1.29, 1.82) is 0 Å². The number of benzene rings is 3. The number of aryl methyl sites for hydroxylation is 1. The second-order valence-corrected chi connectivity index (χ2v) is 6.89. The van der Waals surface area contributed by atoms with Gasteiger partial charge in [0.15, 0.2) is 0 Å². The summed E-state index contributed by atoms with van der Waals surface area (Å²) >= 11 is 0. The Labute approximate surface area is 182 Å². The number of anilines is 1. The predicted molar refractivity (Wildman–Crippen MR) is 122 cm³/mol. The minimum Gasteiger partial charge on any atom is -0.492 e. The number of para-hydroxylation sites is 2. The molecule has 0 unspecified atom stereocenters. The normalized spacial score (nSPS) is 11.7. The van der Waals surface area contributed by atoms with E-state index in [0.29, 0.717) is 23.6 Å². The summed E-state index contributed by atoms with van der Waals surface area (Å²) in [5.41, 5.74) is 3.09. The first-order chi connectivity index (χ1) is 15.1. The molecule has 0 saturated heterocycles. The van der Waals surface area contributed by atoms with Crippen molar-refractivity contribution in [1.82, 2.24) is 0 Å². The Morgan fingerprint density at radius 2 is 1.61 bits per heavy atom. The minimum atomic E-state index is -1.11. The van der Waals surface area contributed by atoms with Crippen molar-refractivity contribution < 1.29 is 19.1 Å². The van der Waals surface area contributed by atoms with Crippen LogP contribution in [0.4, 0.5) is 5.69 Å². The Balaban J connectivity index is 1.78. The Morgan fingerprint density at radius 3 is 2.32 bits per heavy atom. The van der Waals surface area contributed by atoms with Gasteiger partial charge in [0.25, 0.3) is 5.91 Å². The number of carbonyl (C=O) groups is 2. The molecule has 5 heteroatoms. The highest BCUT2D eigenvalue weighted by Gasteiger charge is 2.25. The van der Waals surface area contributed by atoms with E-state index in [1.165, 1.54) is 6.08 Å². The zero-order chi connectivity index (χ0) is 22.1. The van der Waals surface area contributed by atoms with Crippen molar-refractivity contribution in [3.8, 4) is 5.75 Å². The maximum absolute atomic E-state index is 13.0. The third-order valence-corrected chi connectivity index (χ3v) is 4.51. The van der Waals surface area contributed by atoms with Crippen LogP contribution >= 0.6 is 0 Å². The molecule has 3 aromatic carbocycles. The summed E-state index contributed by atoms with van der Waals surface area (Å²) < 4.78 is 11.1. The molecule has 1 atom stereocenters. The van der Waals surface area contributed by atoms with E-state index < -0.39 is 18.0 Å². The number of ether oxygens (including phenoxy) is 2. The topological polar surface area (TPSA) is 64.6 Å². The molecule has 0 aliphatic carbocycles. The zero-order valence-electron chi connectivity index (χ0n) is 17.6. The maximum Gasteiger partial charge on any atom is 0.331 e. The molecule has 1 N–H and O–H groups in total. The lowest BCUT2D eigenvalue weighted by atomic mass is 10.1. The summed E-state index contributed by atoms with van der Waals surface area (Å²) in [6.45, 7) is 4.33. The Bertz CT molecular complexity index is 1040. The van der Waals surface area contributed by atoms with Crippen LogP contribution in [0.3, 0.4) is 0 Å². The summed E-state index contributed by atoms with van der Waals surface area (Å²) in [7, 11) is 0. The van der Waals surface area contributed by atoms with E-state index in [0.717, 1.165) is 11.1 Å². The van der Waals surface area contributed by atoms with Gasteiger partial charge in [-0.1, -0.05) is 72.3 Å². The van der Waals surface area contributed by atoms with E-state index in [1.54, 1.807) is 48.5 Å². The number of hydrogen-bond donors (Lipinski definition) is 1. The first kappa shape index (κ1) is 21.8. The molecular formula is C26H25NO4. The Morgan fingerprint density at radius 1 is 0.935 bits per heavy atom. The smallest absolute Gasteiger partial charge is 0.331 e. The van der Waals surface area contributed by atoms with E-state index in [-0.39, 0.29) is 0 Å². The molecule has 0 heterocycles. The van der Waals surface area contributed by atoms with Crippen molar-refractivity contribution in [3.05, 3.63) is 102 Å². The van der Waals surface area contributed by atoms with Gasteiger partial charge < -0.3 is 14.8 Å². The average molecular weight is 415 g/mol. The van der Waals surface area contributed by atoms with Crippen LogP contribution in [0.25, 0.3) is 6.08 Å². The second kappa shape index (κ2) is 10.8. The first-order valence-electron chi connectivity index (χ1n) is 10.1. The maximum atomic E-state index is 13.0. The van der Waals surface area contributed by atoms with Gasteiger partial charge in [0.05, 0.1) is 12.3 Å². The zero-order valence-corrected chi connectivity index (χ0v) is 17.6.